The van der Waals surface area contributed by atoms with Gasteiger partial charge in [0.2, 0.25) is 0 Å². The van der Waals surface area contributed by atoms with E-state index in [4.69, 9.17) is 10.8 Å². The van der Waals surface area contributed by atoms with Gasteiger partial charge in [-0.1, -0.05) is 0 Å². The Morgan fingerprint density at radius 1 is 1.67 bits per heavy atom. The van der Waals surface area contributed by atoms with Gasteiger partial charge in [0.15, 0.2) is 0 Å². The summed E-state index contributed by atoms with van der Waals surface area (Å²) in [5.74, 6) is -0.182. The highest BCUT2D eigenvalue weighted by Crippen LogP contribution is 2.12. The number of anilines is 1. The number of rotatable bonds is 0. The zero-order valence-corrected chi connectivity index (χ0v) is 4.59. The lowest BCUT2D eigenvalue weighted by molar-refractivity contribution is 0.476. The number of hydrogen-bond donors (Lipinski definition) is 3. The number of pyridine rings is 1. The third-order valence-corrected chi connectivity index (χ3v) is 0.934. The van der Waals surface area contributed by atoms with Crippen LogP contribution in [0.1, 0.15) is 0 Å². The Morgan fingerprint density at radius 2 is 2.33 bits per heavy atom. The first-order valence-electron chi connectivity index (χ1n) is 2.37. The highest BCUT2D eigenvalue weighted by Gasteiger charge is 1.93. The van der Waals surface area contributed by atoms with Crippen LogP contribution in [0, 0.1) is 0 Å². The molecule has 1 aromatic rings. The SMILES string of the molecule is Nc1c[nH]c(=O)cc1O. The van der Waals surface area contributed by atoms with Gasteiger partial charge in [-0.3, -0.25) is 4.79 Å². The molecule has 1 rings (SSSR count). The summed E-state index contributed by atoms with van der Waals surface area (Å²) in [4.78, 5) is 12.7. The van der Waals surface area contributed by atoms with E-state index in [1.54, 1.807) is 0 Å². The maximum Gasteiger partial charge on any atom is 0.251 e. The minimum absolute atomic E-state index is 0.176. The molecular formula is C5H6N2O2. The zero-order chi connectivity index (χ0) is 6.85. The van der Waals surface area contributed by atoms with E-state index >= 15 is 0 Å². The molecule has 0 atom stereocenters. The maximum atomic E-state index is 10.4. The lowest BCUT2D eigenvalue weighted by Crippen LogP contribution is -2.03. The van der Waals surface area contributed by atoms with Gasteiger partial charge in [0.1, 0.15) is 5.75 Å². The number of aromatic amines is 1. The molecule has 9 heavy (non-hydrogen) atoms. The molecule has 0 bridgehead atoms. The summed E-state index contributed by atoms with van der Waals surface area (Å²) in [5.41, 5.74) is 4.98. The Balaban J connectivity index is 3.34. The van der Waals surface area contributed by atoms with Crippen molar-refractivity contribution in [3.05, 3.63) is 22.6 Å². The summed E-state index contributed by atoms with van der Waals surface area (Å²) in [6.45, 7) is 0. The molecule has 4 N–H and O–H groups in total. The van der Waals surface area contributed by atoms with Crippen molar-refractivity contribution in [2.24, 2.45) is 0 Å². The highest BCUT2D eigenvalue weighted by molar-refractivity contribution is 5.48. The van der Waals surface area contributed by atoms with Crippen LogP contribution in [0.25, 0.3) is 0 Å². The number of nitrogens with one attached hydrogen (secondary N) is 1. The highest BCUT2D eigenvalue weighted by atomic mass is 16.3. The monoisotopic (exact) mass is 126 g/mol. The quantitative estimate of drug-likeness (QED) is 0.445. The number of aromatic nitrogens is 1. The predicted octanol–water partition coefficient (Wildman–Crippen LogP) is -0.337. The summed E-state index contributed by atoms with van der Waals surface area (Å²) in [5, 5.41) is 8.76. The van der Waals surface area contributed by atoms with E-state index in [0.717, 1.165) is 6.07 Å². The molecule has 0 aliphatic heterocycles. The third-order valence-electron chi connectivity index (χ3n) is 0.934. The van der Waals surface area contributed by atoms with Crippen molar-refractivity contribution >= 4 is 5.69 Å². The summed E-state index contributed by atoms with van der Waals surface area (Å²) >= 11 is 0. The summed E-state index contributed by atoms with van der Waals surface area (Å²) < 4.78 is 0. The molecule has 0 spiro atoms. The van der Waals surface area contributed by atoms with Crippen LogP contribution in [-0.4, -0.2) is 10.1 Å². The second-order valence-corrected chi connectivity index (χ2v) is 1.64. The van der Waals surface area contributed by atoms with Gasteiger partial charge in [0, 0.05) is 12.3 Å². The van der Waals surface area contributed by atoms with Crippen molar-refractivity contribution in [3.8, 4) is 5.75 Å². The van der Waals surface area contributed by atoms with E-state index in [1.165, 1.54) is 6.20 Å². The Morgan fingerprint density at radius 3 is 2.78 bits per heavy atom. The van der Waals surface area contributed by atoms with Crippen LogP contribution >= 0.6 is 0 Å². The molecule has 0 aliphatic rings. The third kappa shape index (κ3) is 1.02. The molecule has 48 valence electrons. The van der Waals surface area contributed by atoms with Gasteiger partial charge in [-0.25, -0.2) is 0 Å². The second-order valence-electron chi connectivity index (χ2n) is 1.64. The normalized spacial score (nSPS) is 9.33. The lowest BCUT2D eigenvalue weighted by Gasteiger charge is -1.92. The second kappa shape index (κ2) is 1.81. The molecule has 0 fully saturated rings. The van der Waals surface area contributed by atoms with E-state index in [9.17, 15) is 4.79 Å². The predicted molar refractivity (Wildman–Crippen MR) is 33.1 cm³/mol. The van der Waals surface area contributed by atoms with Gasteiger partial charge >= 0.3 is 0 Å². The minimum atomic E-state index is -0.360. The fourth-order valence-corrected chi connectivity index (χ4v) is 0.472. The first-order chi connectivity index (χ1) is 4.20. The Bertz CT molecular complexity index is 266. The fraction of sp³-hybridized carbons (Fsp3) is 0. The molecule has 0 radical (unpaired) electrons. The fourth-order valence-electron chi connectivity index (χ4n) is 0.472. The van der Waals surface area contributed by atoms with Crippen LogP contribution in [0.15, 0.2) is 17.1 Å². The molecule has 0 saturated carbocycles. The number of nitrogens with two attached hydrogens (primary N) is 1. The van der Waals surface area contributed by atoms with Crippen molar-refractivity contribution < 1.29 is 5.11 Å². The molecule has 0 unspecified atom stereocenters. The Hall–Kier alpha value is -1.45. The molecule has 4 nitrogen and oxygen atoms in total. The van der Waals surface area contributed by atoms with Gasteiger partial charge in [0.25, 0.3) is 5.56 Å². The topological polar surface area (TPSA) is 79.1 Å². The molecule has 4 heteroatoms. The Labute approximate surface area is 50.9 Å². The van der Waals surface area contributed by atoms with Gasteiger partial charge in [-0.15, -0.1) is 0 Å². The molecule has 0 amide bonds. The van der Waals surface area contributed by atoms with Gasteiger partial charge < -0.3 is 15.8 Å². The first-order valence-corrected chi connectivity index (χ1v) is 2.37. The van der Waals surface area contributed by atoms with Crippen molar-refractivity contribution in [1.82, 2.24) is 4.98 Å². The summed E-state index contributed by atoms with van der Waals surface area (Å²) in [7, 11) is 0. The number of H-pyrrole nitrogens is 1. The van der Waals surface area contributed by atoms with E-state index < -0.39 is 0 Å². The lowest BCUT2D eigenvalue weighted by atomic mass is 10.4. The molecule has 0 aliphatic carbocycles. The summed E-state index contributed by atoms with van der Waals surface area (Å²) in [6.07, 6.45) is 1.25. The average molecular weight is 126 g/mol. The number of nitrogen functional groups attached to an aromatic ring is 1. The molecule has 1 aromatic heterocycles. The van der Waals surface area contributed by atoms with Crippen LogP contribution in [0.3, 0.4) is 0 Å². The number of hydrogen-bond acceptors (Lipinski definition) is 3. The molecular weight excluding hydrogens is 120 g/mol. The summed E-state index contributed by atoms with van der Waals surface area (Å²) in [6, 6.07) is 1.02. The minimum Gasteiger partial charge on any atom is -0.506 e. The van der Waals surface area contributed by atoms with Gasteiger partial charge in [0.05, 0.1) is 5.69 Å². The van der Waals surface area contributed by atoms with Crippen LogP contribution < -0.4 is 11.3 Å². The van der Waals surface area contributed by atoms with Crippen LogP contribution in [0.5, 0.6) is 5.75 Å². The van der Waals surface area contributed by atoms with Crippen LogP contribution in [0.4, 0.5) is 5.69 Å². The zero-order valence-electron chi connectivity index (χ0n) is 4.59. The largest absolute Gasteiger partial charge is 0.506 e. The maximum absolute atomic E-state index is 10.4. The van der Waals surface area contributed by atoms with Crippen molar-refractivity contribution in [1.29, 1.82) is 0 Å². The van der Waals surface area contributed by atoms with E-state index in [0.29, 0.717) is 0 Å². The first kappa shape index (κ1) is 5.68. The molecule has 0 saturated heterocycles. The molecule has 0 aromatic carbocycles. The average Bonchev–Trinajstić information content (AvgIpc) is 1.80. The van der Waals surface area contributed by atoms with Gasteiger partial charge in [-0.05, 0) is 0 Å². The standard InChI is InChI=1S/C5H6N2O2/c6-3-2-7-5(9)1-4(3)8/h1-2H,6H2,(H2,7,8,9). The van der Waals surface area contributed by atoms with E-state index in [-0.39, 0.29) is 17.0 Å². The van der Waals surface area contributed by atoms with E-state index in [2.05, 4.69) is 4.98 Å². The Kier molecular flexibility index (Phi) is 1.14. The molecule has 1 heterocycles. The van der Waals surface area contributed by atoms with Crippen LogP contribution in [0.2, 0.25) is 0 Å². The van der Waals surface area contributed by atoms with Crippen molar-refractivity contribution in [2.45, 2.75) is 0 Å². The van der Waals surface area contributed by atoms with Crippen molar-refractivity contribution in [3.63, 3.8) is 0 Å². The number of aromatic hydroxyl groups is 1. The van der Waals surface area contributed by atoms with Gasteiger partial charge in [-0.2, -0.15) is 0 Å². The van der Waals surface area contributed by atoms with Crippen LogP contribution in [-0.2, 0) is 0 Å². The van der Waals surface area contributed by atoms with Crippen molar-refractivity contribution in [2.75, 3.05) is 5.73 Å². The van der Waals surface area contributed by atoms with E-state index in [1.807, 2.05) is 0 Å². The smallest absolute Gasteiger partial charge is 0.251 e.